The van der Waals surface area contributed by atoms with Crippen LogP contribution in [-0.4, -0.2) is 41.6 Å². The van der Waals surface area contributed by atoms with Gasteiger partial charge in [-0.15, -0.1) is 0 Å². The molecule has 1 saturated carbocycles. The van der Waals surface area contributed by atoms with Crippen LogP contribution in [-0.2, 0) is 16.0 Å². The molecule has 3 rings (SSSR count). The lowest BCUT2D eigenvalue weighted by Crippen LogP contribution is -2.43. The van der Waals surface area contributed by atoms with Crippen molar-refractivity contribution in [3.8, 4) is 5.75 Å². The van der Waals surface area contributed by atoms with Gasteiger partial charge in [-0.05, 0) is 48.8 Å². The third-order valence-electron chi connectivity index (χ3n) is 5.31. The van der Waals surface area contributed by atoms with Gasteiger partial charge in [-0.25, -0.2) is 9.18 Å². The molecule has 5 nitrogen and oxygen atoms in total. The van der Waals surface area contributed by atoms with Gasteiger partial charge in [0.2, 0.25) is 5.91 Å². The number of benzene rings is 1. The highest BCUT2D eigenvalue weighted by atomic mass is 19.1. The molecule has 0 spiro atoms. The van der Waals surface area contributed by atoms with Crippen LogP contribution in [0.3, 0.4) is 0 Å². The number of hydrogen-bond acceptors (Lipinski definition) is 3. The quantitative estimate of drug-likeness (QED) is 0.898. The van der Waals surface area contributed by atoms with Crippen LogP contribution in [0.25, 0.3) is 0 Å². The van der Waals surface area contributed by atoms with Gasteiger partial charge < -0.3 is 14.7 Å². The lowest BCUT2D eigenvalue weighted by atomic mass is 9.94. The summed E-state index contributed by atoms with van der Waals surface area (Å²) in [5, 5.41) is 9.50. The van der Waals surface area contributed by atoms with Gasteiger partial charge in [-0.1, -0.05) is 12.5 Å². The number of halogens is 1. The van der Waals surface area contributed by atoms with Gasteiger partial charge in [0, 0.05) is 13.0 Å². The number of carboxylic acids is 1. The molecular weight excluding hydrogens is 313 g/mol. The Morgan fingerprint density at radius 1 is 1.38 bits per heavy atom. The predicted molar refractivity (Wildman–Crippen MR) is 85.2 cm³/mol. The Kier molecular flexibility index (Phi) is 4.73. The molecule has 1 aliphatic heterocycles. The van der Waals surface area contributed by atoms with Crippen molar-refractivity contribution < 1.29 is 23.8 Å². The van der Waals surface area contributed by atoms with Crippen LogP contribution in [0, 0.1) is 17.7 Å². The van der Waals surface area contributed by atoms with E-state index in [0.717, 1.165) is 19.3 Å². The van der Waals surface area contributed by atoms with Gasteiger partial charge in [0.1, 0.15) is 6.04 Å². The fraction of sp³-hybridized carbons (Fsp3) is 0.556. The lowest BCUT2D eigenvalue weighted by molar-refractivity contribution is -0.149. The SMILES string of the molecule is COc1ccc(CCC(=O)N2CC3CCCC3C2C(=O)O)cc1F. The first-order valence-electron chi connectivity index (χ1n) is 8.36. The summed E-state index contributed by atoms with van der Waals surface area (Å²) in [4.78, 5) is 25.6. The minimum Gasteiger partial charge on any atom is -0.494 e. The number of ether oxygens (including phenoxy) is 1. The number of fused-ring (bicyclic) bond motifs is 1. The van der Waals surface area contributed by atoms with Crippen molar-refractivity contribution in [3.05, 3.63) is 29.6 Å². The maximum Gasteiger partial charge on any atom is 0.326 e. The second-order valence-corrected chi connectivity index (χ2v) is 6.65. The van der Waals surface area contributed by atoms with Crippen LogP contribution >= 0.6 is 0 Å². The summed E-state index contributed by atoms with van der Waals surface area (Å²) in [5.41, 5.74) is 0.702. The molecule has 1 saturated heterocycles. The molecule has 3 unspecified atom stereocenters. The molecule has 2 fully saturated rings. The molecule has 1 N–H and O–H groups in total. The smallest absolute Gasteiger partial charge is 0.326 e. The summed E-state index contributed by atoms with van der Waals surface area (Å²) in [5.74, 6) is -0.954. The number of nitrogens with zero attached hydrogens (tertiary/aromatic N) is 1. The van der Waals surface area contributed by atoms with Crippen LogP contribution in [0.4, 0.5) is 4.39 Å². The number of aliphatic carboxylic acids is 1. The Labute approximate surface area is 140 Å². The molecule has 24 heavy (non-hydrogen) atoms. The molecule has 1 heterocycles. The average molecular weight is 335 g/mol. The van der Waals surface area contributed by atoms with Crippen LogP contribution in [0.5, 0.6) is 5.75 Å². The van der Waals surface area contributed by atoms with E-state index in [0.29, 0.717) is 24.4 Å². The van der Waals surface area contributed by atoms with Gasteiger partial charge in [0.15, 0.2) is 11.6 Å². The average Bonchev–Trinajstić information content (AvgIpc) is 3.12. The van der Waals surface area contributed by atoms with E-state index in [-0.39, 0.29) is 24.0 Å². The number of carbonyl (C=O) groups is 2. The number of methoxy groups -OCH3 is 1. The maximum atomic E-state index is 13.7. The van der Waals surface area contributed by atoms with Crippen molar-refractivity contribution in [2.75, 3.05) is 13.7 Å². The van der Waals surface area contributed by atoms with E-state index in [1.54, 1.807) is 6.07 Å². The van der Waals surface area contributed by atoms with Crippen LogP contribution in [0.2, 0.25) is 0 Å². The molecule has 0 bridgehead atoms. The molecule has 0 radical (unpaired) electrons. The number of amides is 1. The van der Waals surface area contributed by atoms with Gasteiger partial charge in [0.05, 0.1) is 7.11 Å². The van der Waals surface area contributed by atoms with Crippen LogP contribution in [0.15, 0.2) is 18.2 Å². The molecule has 1 aliphatic carbocycles. The monoisotopic (exact) mass is 335 g/mol. The highest BCUT2D eigenvalue weighted by Gasteiger charge is 2.49. The molecule has 1 amide bonds. The lowest BCUT2D eigenvalue weighted by Gasteiger charge is -2.24. The second kappa shape index (κ2) is 6.79. The Morgan fingerprint density at radius 3 is 2.83 bits per heavy atom. The van der Waals surface area contributed by atoms with E-state index in [4.69, 9.17) is 4.74 Å². The fourth-order valence-electron chi connectivity index (χ4n) is 4.14. The van der Waals surface area contributed by atoms with Crippen molar-refractivity contribution in [1.82, 2.24) is 4.90 Å². The Hall–Kier alpha value is -2.11. The molecule has 1 aromatic rings. The molecule has 1 aromatic carbocycles. The number of rotatable bonds is 5. The number of carboxylic acid groups (broad SMARTS) is 1. The highest BCUT2D eigenvalue weighted by molar-refractivity contribution is 5.85. The van der Waals surface area contributed by atoms with Crippen molar-refractivity contribution >= 4 is 11.9 Å². The van der Waals surface area contributed by atoms with E-state index >= 15 is 0 Å². The normalized spacial score (nSPS) is 25.6. The molecule has 6 heteroatoms. The van der Waals surface area contributed by atoms with Crippen molar-refractivity contribution in [1.29, 1.82) is 0 Å². The highest BCUT2D eigenvalue weighted by Crippen LogP contribution is 2.42. The zero-order valence-corrected chi connectivity index (χ0v) is 13.7. The fourth-order valence-corrected chi connectivity index (χ4v) is 4.14. The van der Waals surface area contributed by atoms with Crippen molar-refractivity contribution in [2.24, 2.45) is 11.8 Å². The van der Waals surface area contributed by atoms with E-state index in [1.165, 1.54) is 24.1 Å². The summed E-state index contributed by atoms with van der Waals surface area (Å²) in [7, 11) is 1.40. The summed E-state index contributed by atoms with van der Waals surface area (Å²) in [6.45, 7) is 0.539. The van der Waals surface area contributed by atoms with Gasteiger partial charge >= 0.3 is 5.97 Å². The summed E-state index contributed by atoms with van der Waals surface area (Å²) >= 11 is 0. The molecule has 3 atom stereocenters. The second-order valence-electron chi connectivity index (χ2n) is 6.65. The minimum atomic E-state index is -0.909. The Bertz CT molecular complexity index is 648. The van der Waals surface area contributed by atoms with Gasteiger partial charge in [-0.3, -0.25) is 4.79 Å². The van der Waals surface area contributed by atoms with E-state index < -0.39 is 17.8 Å². The molecule has 0 aromatic heterocycles. The number of aryl methyl sites for hydroxylation is 1. The predicted octanol–water partition coefficient (Wildman–Crippen LogP) is 2.48. The first-order valence-corrected chi connectivity index (χ1v) is 8.36. The topological polar surface area (TPSA) is 66.8 Å². The first kappa shape index (κ1) is 16.7. The number of carbonyl (C=O) groups excluding carboxylic acids is 1. The van der Waals surface area contributed by atoms with E-state index in [9.17, 15) is 19.1 Å². The summed E-state index contributed by atoms with van der Waals surface area (Å²) in [6.07, 6.45) is 3.51. The van der Waals surface area contributed by atoms with Crippen LogP contribution in [0.1, 0.15) is 31.2 Å². The van der Waals surface area contributed by atoms with E-state index in [1.807, 2.05) is 0 Å². The largest absolute Gasteiger partial charge is 0.494 e. The zero-order chi connectivity index (χ0) is 17.3. The minimum absolute atomic E-state index is 0.0879. The summed E-state index contributed by atoms with van der Waals surface area (Å²) in [6, 6.07) is 3.93. The van der Waals surface area contributed by atoms with Crippen molar-refractivity contribution in [2.45, 2.75) is 38.1 Å². The molecular formula is C18H22FNO4. The first-order chi connectivity index (χ1) is 11.5. The standard InChI is InChI=1S/C18H22FNO4/c1-24-15-7-5-11(9-14(15)19)6-8-16(21)20-10-12-3-2-4-13(12)17(20)18(22)23/h5,7,9,12-13,17H,2-4,6,8,10H2,1H3,(H,22,23). The third kappa shape index (κ3) is 3.09. The number of hydrogen-bond donors (Lipinski definition) is 1. The maximum absolute atomic E-state index is 13.7. The number of likely N-dealkylation sites (tertiary alicyclic amines) is 1. The van der Waals surface area contributed by atoms with Gasteiger partial charge in [-0.2, -0.15) is 0 Å². The van der Waals surface area contributed by atoms with Crippen molar-refractivity contribution in [3.63, 3.8) is 0 Å². The van der Waals surface area contributed by atoms with Gasteiger partial charge in [0.25, 0.3) is 0 Å². The molecule has 130 valence electrons. The van der Waals surface area contributed by atoms with Crippen LogP contribution < -0.4 is 4.74 Å². The Morgan fingerprint density at radius 2 is 2.17 bits per heavy atom. The molecule has 2 aliphatic rings. The van der Waals surface area contributed by atoms with E-state index in [2.05, 4.69) is 0 Å². The Balaban J connectivity index is 1.64. The third-order valence-corrected chi connectivity index (χ3v) is 5.31. The zero-order valence-electron chi connectivity index (χ0n) is 13.7. The summed E-state index contributed by atoms with van der Waals surface area (Å²) < 4.78 is 18.6.